The second-order valence-electron chi connectivity index (χ2n) is 7.41. The minimum atomic E-state index is -0.225. The SMILES string of the molecule is O=C(COc1ccc(Cl)cc1Cl)NC1CCC(NC(=O)COc2ccc(Cl)cc2Cl)CC1. The molecule has 3 rings (SSSR count). The van der Waals surface area contributed by atoms with Gasteiger partial charge >= 0.3 is 0 Å². The Kier molecular flexibility index (Phi) is 9.17. The van der Waals surface area contributed by atoms with E-state index < -0.39 is 0 Å². The summed E-state index contributed by atoms with van der Waals surface area (Å²) in [5.41, 5.74) is 0. The fourth-order valence-corrected chi connectivity index (χ4v) is 4.32. The van der Waals surface area contributed by atoms with E-state index in [1.54, 1.807) is 36.4 Å². The molecule has 1 aliphatic carbocycles. The number of hydrogen-bond acceptors (Lipinski definition) is 4. The highest BCUT2D eigenvalue weighted by Gasteiger charge is 2.24. The number of amides is 2. The zero-order valence-corrected chi connectivity index (χ0v) is 20.0. The van der Waals surface area contributed by atoms with E-state index >= 15 is 0 Å². The minimum absolute atomic E-state index is 0.0315. The molecule has 0 heterocycles. The van der Waals surface area contributed by atoms with Crippen molar-refractivity contribution in [2.24, 2.45) is 0 Å². The van der Waals surface area contributed by atoms with Crippen LogP contribution in [-0.4, -0.2) is 37.1 Å². The molecule has 0 bridgehead atoms. The molecule has 0 unspecified atom stereocenters. The van der Waals surface area contributed by atoms with Crippen LogP contribution in [0.3, 0.4) is 0 Å². The van der Waals surface area contributed by atoms with Crippen LogP contribution in [0.25, 0.3) is 0 Å². The predicted octanol–water partition coefficient (Wildman–Crippen LogP) is 5.30. The van der Waals surface area contributed by atoms with Gasteiger partial charge in [0.05, 0.1) is 10.0 Å². The lowest BCUT2D eigenvalue weighted by molar-refractivity contribution is -0.125. The first-order valence-corrected chi connectivity index (χ1v) is 11.6. The molecule has 0 atom stereocenters. The number of rotatable bonds is 8. The fraction of sp³-hybridized carbons (Fsp3) is 0.364. The quantitative estimate of drug-likeness (QED) is 0.496. The van der Waals surface area contributed by atoms with Gasteiger partial charge in [0.25, 0.3) is 11.8 Å². The molecule has 0 saturated heterocycles. The first-order chi connectivity index (χ1) is 15.3. The number of carbonyl (C=O) groups excluding carboxylic acids is 2. The number of benzene rings is 2. The van der Waals surface area contributed by atoms with E-state index in [1.165, 1.54) is 0 Å². The van der Waals surface area contributed by atoms with Gasteiger partial charge in [0.1, 0.15) is 11.5 Å². The minimum Gasteiger partial charge on any atom is -0.482 e. The first kappa shape index (κ1) is 24.8. The summed E-state index contributed by atoms with van der Waals surface area (Å²) in [6.07, 6.45) is 3.01. The van der Waals surface area contributed by atoms with Crippen LogP contribution in [0, 0.1) is 0 Å². The summed E-state index contributed by atoms with van der Waals surface area (Å²) in [5, 5.41) is 7.60. The molecule has 1 aliphatic rings. The third-order valence-electron chi connectivity index (χ3n) is 4.96. The van der Waals surface area contributed by atoms with E-state index in [-0.39, 0.29) is 37.1 Å². The third-order valence-corrected chi connectivity index (χ3v) is 6.02. The Balaban J connectivity index is 1.34. The Morgan fingerprint density at radius 2 is 1.09 bits per heavy atom. The van der Waals surface area contributed by atoms with Gasteiger partial charge in [0.2, 0.25) is 0 Å². The zero-order chi connectivity index (χ0) is 23.1. The van der Waals surface area contributed by atoms with Gasteiger partial charge in [-0.1, -0.05) is 46.4 Å². The second kappa shape index (κ2) is 11.8. The van der Waals surface area contributed by atoms with Crippen LogP contribution in [0.5, 0.6) is 11.5 Å². The lowest BCUT2D eigenvalue weighted by atomic mass is 9.91. The molecule has 0 aromatic heterocycles. The van der Waals surface area contributed by atoms with Crippen LogP contribution < -0.4 is 20.1 Å². The number of carbonyl (C=O) groups is 2. The predicted molar refractivity (Wildman–Crippen MR) is 126 cm³/mol. The van der Waals surface area contributed by atoms with Crippen molar-refractivity contribution >= 4 is 58.2 Å². The molecule has 172 valence electrons. The van der Waals surface area contributed by atoms with Crippen molar-refractivity contribution in [2.45, 2.75) is 37.8 Å². The largest absolute Gasteiger partial charge is 0.482 e. The van der Waals surface area contributed by atoms with Crippen LogP contribution in [-0.2, 0) is 9.59 Å². The molecule has 10 heteroatoms. The lowest BCUT2D eigenvalue weighted by Gasteiger charge is -2.29. The van der Waals surface area contributed by atoms with Crippen LogP contribution in [0.4, 0.5) is 0 Å². The molecule has 2 aromatic rings. The fourth-order valence-electron chi connectivity index (χ4n) is 3.39. The van der Waals surface area contributed by atoms with Gasteiger partial charge in [0.15, 0.2) is 13.2 Å². The number of nitrogens with one attached hydrogen (secondary N) is 2. The number of halogens is 4. The summed E-state index contributed by atoms with van der Waals surface area (Å²) < 4.78 is 10.9. The molecular weight excluding hydrogens is 498 g/mol. The van der Waals surface area contributed by atoms with Crippen molar-refractivity contribution in [3.8, 4) is 11.5 Å². The van der Waals surface area contributed by atoms with Gasteiger partial charge in [0, 0.05) is 22.1 Å². The average molecular weight is 520 g/mol. The smallest absolute Gasteiger partial charge is 0.258 e. The van der Waals surface area contributed by atoms with Crippen molar-refractivity contribution < 1.29 is 19.1 Å². The Morgan fingerprint density at radius 1 is 0.719 bits per heavy atom. The van der Waals surface area contributed by atoms with E-state index in [1.807, 2.05) is 0 Å². The maximum Gasteiger partial charge on any atom is 0.258 e. The normalized spacial score (nSPS) is 18.0. The monoisotopic (exact) mass is 518 g/mol. The summed E-state index contributed by atoms with van der Waals surface area (Å²) >= 11 is 23.8. The van der Waals surface area contributed by atoms with Crippen LogP contribution in [0.15, 0.2) is 36.4 Å². The van der Waals surface area contributed by atoms with Crippen LogP contribution in [0.1, 0.15) is 25.7 Å². The van der Waals surface area contributed by atoms with E-state index in [9.17, 15) is 9.59 Å². The van der Waals surface area contributed by atoms with E-state index in [0.717, 1.165) is 25.7 Å². The molecule has 2 amide bonds. The van der Waals surface area contributed by atoms with Gasteiger partial charge in [-0.3, -0.25) is 9.59 Å². The van der Waals surface area contributed by atoms with Gasteiger partial charge < -0.3 is 20.1 Å². The summed E-state index contributed by atoms with van der Waals surface area (Å²) in [7, 11) is 0. The third kappa shape index (κ3) is 7.62. The maximum atomic E-state index is 12.2. The molecule has 0 aliphatic heterocycles. The number of ether oxygens (including phenoxy) is 2. The molecule has 6 nitrogen and oxygen atoms in total. The zero-order valence-electron chi connectivity index (χ0n) is 17.0. The maximum absolute atomic E-state index is 12.2. The molecule has 1 fully saturated rings. The van der Waals surface area contributed by atoms with Gasteiger partial charge in [-0.25, -0.2) is 0 Å². The van der Waals surface area contributed by atoms with Crippen molar-refractivity contribution in [2.75, 3.05) is 13.2 Å². The summed E-state index contributed by atoms with van der Waals surface area (Å²) in [6, 6.07) is 9.71. The Morgan fingerprint density at radius 3 is 1.44 bits per heavy atom. The Hall–Kier alpha value is -1.86. The van der Waals surface area contributed by atoms with Crippen molar-refractivity contribution in [3.05, 3.63) is 56.5 Å². The second-order valence-corrected chi connectivity index (χ2v) is 9.10. The Bertz CT molecular complexity index is 887. The summed E-state index contributed by atoms with van der Waals surface area (Å²) in [6.45, 7) is -0.273. The standard InChI is InChI=1S/C22H22Cl4N2O4/c23-13-1-7-19(17(25)9-13)31-11-21(29)27-15-3-5-16(6-4-15)28-22(30)12-32-20-8-2-14(24)10-18(20)26/h1-2,7-10,15-16H,3-6,11-12H2,(H,27,29)(H,28,30). The van der Waals surface area contributed by atoms with E-state index in [0.29, 0.717) is 31.6 Å². The van der Waals surface area contributed by atoms with Gasteiger partial charge in [-0.15, -0.1) is 0 Å². The molecular formula is C22H22Cl4N2O4. The molecule has 0 spiro atoms. The number of hydrogen-bond donors (Lipinski definition) is 2. The van der Waals surface area contributed by atoms with E-state index in [2.05, 4.69) is 10.6 Å². The van der Waals surface area contributed by atoms with Crippen molar-refractivity contribution in [1.82, 2.24) is 10.6 Å². The highest BCUT2D eigenvalue weighted by Crippen LogP contribution is 2.28. The molecule has 2 aromatic carbocycles. The first-order valence-electron chi connectivity index (χ1n) is 10.0. The summed E-state index contributed by atoms with van der Waals surface area (Å²) in [5.74, 6) is 0.355. The van der Waals surface area contributed by atoms with Crippen molar-refractivity contribution in [1.29, 1.82) is 0 Å². The van der Waals surface area contributed by atoms with Crippen molar-refractivity contribution in [3.63, 3.8) is 0 Å². The highest BCUT2D eigenvalue weighted by atomic mass is 35.5. The highest BCUT2D eigenvalue weighted by molar-refractivity contribution is 6.36. The molecule has 32 heavy (non-hydrogen) atoms. The lowest BCUT2D eigenvalue weighted by Crippen LogP contribution is -2.45. The Labute approximate surface area is 206 Å². The molecule has 0 radical (unpaired) electrons. The molecule has 2 N–H and O–H groups in total. The average Bonchev–Trinajstić information content (AvgIpc) is 2.74. The van der Waals surface area contributed by atoms with Crippen LogP contribution in [0.2, 0.25) is 20.1 Å². The van der Waals surface area contributed by atoms with E-state index in [4.69, 9.17) is 55.9 Å². The van der Waals surface area contributed by atoms with Gasteiger partial charge in [-0.2, -0.15) is 0 Å². The molecule has 1 saturated carbocycles. The summed E-state index contributed by atoms with van der Waals surface area (Å²) in [4.78, 5) is 24.4. The topological polar surface area (TPSA) is 76.7 Å². The van der Waals surface area contributed by atoms with Crippen LogP contribution >= 0.6 is 46.4 Å². The van der Waals surface area contributed by atoms with Gasteiger partial charge in [-0.05, 0) is 62.1 Å².